The summed E-state index contributed by atoms with van der Waals surface area (Å²) in [5, 5.41) is 3.51. The van der Waals surface area contributed by atoms with Gasteiger partial charge in [0.1, 0.15) is 0 Å². The van der Waals surface area contributed by atoms with Gasteiger partial charge in [-0.2, -0.15) is 0 Å². The molecule has 0 saturated heterocycles. The van der Waals surface area contributed by atoms with Crippen LogP contribution in [0.1, 0.15) is 25.7 Å². The van der Waals surface area contributed by atoms with Gasteiger partial charge in [0.2, 0.25) is 0 Å². The molecular formula is C12H25NO3. The maximum absolute atomic E-state index is 5.45. The zero-order chi connectivity index (χ0) is 11.5. The highest BCUT2D eigenvalue weighted by molar-refractivity contribution is 4.72. The van der Waals surface area contributed by atoms with Gasteiger partial charge in [0, 0.05) is 19.7 Å². The van der Waals surface area contributed by atoms with E-state index in [9.17, 15) is 0 Å². The van der Waals surface area contributed by atoms with Crippen LogP contribution in [0.4, 0.5) is 0 Å². The molecule has 0 aliphatic heterocycles. The van der Waals surface area contributed by atoms with Crippen LogP contribution in [0.3, 0.4) is 0 Å². The lowest BCUT2D eigenvalue weighted by atomic mass is 10.2. The van der Waals surface area contributed by atoms with Crippen molar-refractivity contribution in [3.8, 4) is 0 Å². The Hall–Kier alpha value is -0.160. The summed E-state index contributed by atoms with van der Waals surface area (Å²) in [6, 6.07) is 0.738. The van der Waals surface area contributed by atoms with Gasteiger partial charge < -0.3 is 19.5 Å². The maximum Gasteiger partial charge on any atom is 0.0701 e. The lowest BCUT2D eigenvalue weighted by Crippen LogP contribution is -2.29. The highest BCUT2D eigenvalue weighted by Crippen LogP contribution is 2.17. The van der Waals surface area contributed by atoms with Crippen molar-refractivity contribution in [2.24, 2.45) is 0 Å². The molecular weight excluding hydrogens is 206 g/mol. The molecule has 96 valence electrons. The van der Waals surface area contributed by atoms with Crippen LogP contribution in [0.15, 0.2) is 0 Å². The predicted octanol–water partition coefficient (Wildman–Crippen LogP) is 1.20. The molecule has 1 aliphatic rings. The fourth-order valence-electron chi connectivity index (χ4n) is 1.93. The van der Waals surface area contributed by atoms with Crippen molar-refractivity contribution in [2.45, 2.75) is 31.7 Å². The maximum atomic E-state index is 5.45. The Morgan fingerprint density at radius 2 is 1.56 bits per heavy atom. The van der Waals surface area contributed by atoms with Crippen LogP contribution in [0, 0.1) is 0 Å². The number of ether oxygens (including phenoxy) is 3. The Bertz CT molecular complexity index is 149. The van der Waals surface area contributed by atoms with Crippen LogP contribution >= 0.6 is 0 Å². The van der Waals surface area contributed by atoms with E-state index in [1.807, 2.05) is 0 Å². The fraction of sp³-hybridized carbons (Fsp3) is 1.00. The van der Waals surface area contributed by atoms with Crippen molar-refractivity contribution in [3.63, 3.8) is 0 Å². The van der Waals surface area contributed by atoms with Gasteiger partial charge in [-0.15, -0.1) is 0 Å². The standard InChI is InChI=1S/C12H25NO3/c1-14-8-9-16-11-10-15-7-6-13-12-4-2-3-5-12/h12-13H,2-11H2,1H3. The van der Waals surface area contributed by atoms with E-state index in [0.717, 1.165) is 19.2 Å². The van der Waals surface area contributed by atoms with Gasteiger partial charge in [0.25, 0.3) is 0 Å². The highest BCUT2D eigenvalue weighted by atomic mass is 16.5. The first-order valence-corrected chi connectivity index (χ1v) is 6.31. The van der Waals surface area contributed by atoms with E-state index < -0.39 is 0 Å². The minimum absolute atomic E-state index is 0.653. The average Bonchev–Trinajstić information content (AvgIpc) is 2.80. The second kappa shape index (κ2) is 10.0. The minimum atomic E-state index is 0.653. The molecule has 16 heavy (non-hydrogen) atoms. The first kappa shape index (κ1) is 13.9. The monoisotopic (exact) mass is 231 g/mol. The Kier molecular flexibility index (Phi) is 8.71. The summed E-state index contributed by atoms with van der Waals surface area (Å²) in [6.07, 6.45) is 5.43. The van der Waals surface area contributed by atoms with Gasteiger partial charge in [-0.05, 0) is 12.8 Å². The molecule has 0 aromatic rings. The van der Waals surface area contributed by atoms with E-state index in [1.165, 1.54) is 25.7 Å². The molecule has 1 aliphatic carbocycles. The second-order valence-corrected chi connectivity index (χ2v) is 4.15. The molecule has 0 heterocycles. The topological polar surface area (TPSA) is 39.7 Å². The largest absolute Gasteiger partial charge is 0.382 e. The van der Waals surface area contributed by atoms with Gasteiger partial charge in [-0.25, -0.2) is 0 Å². The van der Waals surface area contributed by atoms with Gasteiger partial charge in [-0.1, -0.05) is 12.8 Å². The molecule has 0 bridgehead atoms. The molecule has 0 radical (unpaired) electrons. The Labute approximate surface area is 98.6 Å². The van der Waals surface area contributed by atoms with Gasteiger partial charge >= 0.3 is 0 Å². The third-order valence-electron chi connectivity index (χ3n) is 2.84. The van der Waals surface area contributed by atoms with Crippen LogP contribution < -0.4 is 5.32 Å². The van der Waals surface area contributed by atoms with Gasteiger partial charge in [0.05, 0.1) is 33.0 Å². The summed E-state index contributed by atoms with van der Waals surface area (Å²) in [4.78, 5) is 0. The third-order valence-corrected chi connectivity index (χ3v) is 2.84. The van der Waals surface area contributed by atoms with Crippen molar-refractivity contribution in [3.05, 3.63) is 0 Å². The summed E-state index contributed by atoms with van der Waals surface area (Å²) >= 11 is 0. The molecule has 1 rings (SSSR count). The highest BCUT2D eigenvalue weighted by Gasteiger charge is 2.12. The zero-order valence-corrected chi connectivity index (χ0v) is 10.4. The Morgan fingerprint density at radius 3 is 2.25 bits per heavy atom. The smallest absolute Gasteiger partial charge is 0.0701 e. The van der Waals surface area contributed by atoms with E-state index in [0.29, 0.717) is 26.4 Å². The first-order valence-electron chi connectivity index (χ1n) is 6.31. The average molecular weight is 231 g/mol. The summed E-state index contributed by atoms with van der Waals surface area (Å²) in [5.74, 6) is 0. The molecule has 0 atom stereocenters. The van der Waals surface area contributed by atoms with Crippen molar-refractivity contribution in [1.82, 2.24) is 5.32 Å². The molecule has 1 fully saturated rings. The summed E-state index contributed by atoms with van der Waals surface area (Å²) in [6.45, 7) is 4.39. The van der Waals surface area contributed by atoms with Crippen molar-refractivity contribution < 1.29 is 14.2 Å². The van der Waals surface area contributed by atoms with E-state index >= 15 is 0 Å². The van der Waals surface area contributed by atoms with E-state index in [1.54, 1.807) is 7.11 Å². The van der Waals surface area contributed by atoms with Crippen LogP contribution in [0.25, 0.3) is 0 Å². The van der Waals surface area contributed by atoms with E-state index in [2.05, 4.69) is 5.32 Å². The van der Waals surface area contributed by atoms with Gasteiger partial charge in [-0.3, -0.25) is 0 Å². The molecule has 0 amide bonds. The Balaban J connectivity index is 1.71. The molecule has 0 spiro atoms. The van der Waals surface area contributed by atoms with Crippen LogP contribution in [0.5, 0.6) is 0 Å². The van der Waals surface area contributed by atoms with Crippen LogP contribution in [-0.2, 0) is 14.2 Å². The van der Waals surface area contributed by atoms with Crippen molar-refractivity contribution >= 4 is 0 Å². The third kappa shape index (κ3) is 7.17. The summed E-state index contributed by atoms with van der Waals surface area (Å²) < 4.78 is 15.6. The molecule has 0 unspecified atom stereocenters. The molecule has 4 heteroatoms. The first-order chi connectivity index (χ1) is 7.93. The minimum Gasteiger partial charge on any atom is -0.382 e. The number of hydrogen-bond acceptors (Lipinski definition) is 4. The second-order valence-electron chi connectivity index (χ2n) is 4.15. The van der Waals surface area contributed by atoms with Crippen LogP contribution in [-0.4, -0.2) is 52.7 Å². The van der Waals surface area contributed by atoms with Gasteiger partial charge in [0.15, 0.2) is 0 Å². The zero-order valence-electron chi connectivity index (χ0n) is 10.4. The number of methoxy groups -OCH3 is 1. The van der Waals surface area contributed by atoms with Crippen LogP contribution in [0.2, 0.25) is 0 Å². The van der Waals surface area contributed by atoms with E-state index in [4.69, 9.17) is 14.2 Å². The lowest BCUT2D eigenvalue weighted by molar-refractivity contribution is 0.0252. The number of hydrogen-bond donors (Lipinski definition) is 1. The molecule has 1 saturated carbocycles. The summed E-state index contributed by atoms with van der Waals surface area (Å²) in [5.41, 5.74) is 0. The quantitative estimate of drug-likeness (QED) is 0.573. The number of rotatable bonds is 10. The SMILES string of the molecule is COCCOCCOCCNC1CCCC1. The predicted molar refractivity (Wildman–Crippen MR) is 63.8 cm³/mol. The number of nitrogens with one attached hydrogen (secondary N) is 1. The van der Waals surface area contributed by atoms with E-state index in [-0.39, 0.29) is 0 Å². The fourth-order valence-corrected chi connectivity index (χ4v) is 1.93. The summed E-state index contributed by atoms with van der Waals surface area (Å²) in [7, 11) is 1.68. The molecule has 0 aromatic carbocycles. The molecule has 0 aromatic heterocycles. The van der Waals surface area contributed by atoms with Crippen molar-refractivity contribution in [1.29, 1.82) is 0 Å². The van der Waals surface area contributed by atoms with Crippen molar-refractivity contribution in [2.75, 3.05) is 46.7 Å². The lowest BCUT2D eigenvalue weighted by Gasteiger charge is -2.11. The molecule has 1 N–H and O–H groups in total. The Morgan fingerprint density at radius 1 is 0.938 bits per heavy atom. The normalized spacial score (nSPS) is 17.1. The molecule has 4 nitrogen and oxygen atoms in total.